The van der Waals surface area contributed by atoms with Crippen molar-refractivity contribution in [3.05, 3.63) is 40.8 Å². The van der Waals surface area contributed by atoms with E-state index in [0.717, 1.165) is 0 Å². The van der Waals surface area contributed by atoms with Crippen LogP contribution in [-0.2, 0) is 6.18 Å². The van der Waals surface area contributed by atoms with Gasteiger partial charge in [0.25, 0.3) is 5.91 Å². The molecule has 0 aliphatic rings. The quantitative estimate of drug-likeness (QED) is 0.923. The molecule has 2 heterocycles. The van der Waals surface area contributed by atoms with Crippen LogP contribution in [0.25, 0.3) is 0 Å². The average molecular weight is 292 g/mol. The second-order valence-electron chi connectivity index (χ2n) is 3.39. The second kappa shape index (κ2) is 4.88. The summed E-state index contributed by atoms with van der Waals surface area (Å²) in [5.74, 6) is -1.19. The predicted molar refractivity (Wildman–Crippen MR) is 58.7 cm³/mol. The molecule has 1 amide bonds. The van der Waals surface area contributed by atoms with Crippen LogP contribution in [0.5, 0.6) is 0 Å². The summed E-state index contributed by atoms with van der Waals surface area (Å²) in [6.07, 6.45) is -3.35. The third-order valence-corrected chi connectivity index (χ3v) is 2.23. The highest BCUT2D eigenvalue weighted by Gasteiger charge is 2.35. The van der Waals surface area contributed by atoms with Crippen LogP contribution in [-0.4, -0.2) is 16.0 Å². The van der Waals surface area contributed by atoms with Crippen molar-refractivity contribution in [1.82, 2.24) is 10.1 Å². The maximum atomic E-state index is 12.2. The summed E-state index contributed by atoms with van der Waals surface area (Å²) < 4.78 is 41.1. The number of amides is 1. The number of pyridine rings is 1. The normalized spacial score (nSPS) is 11.4. The lowest BCUT2D eigenvalue weighted by molar-refractivity contribution is -0.142. The third-order valence-electron chi connectivity index (χ3n) is 1.99. The lowest BCUT2D eigenvalue weighted by Gasteiger charge is -2.00. The maximum absolute atomic E-state index is 12.2. The molecule has 0 aromatic carbocycles. The van der Waals surface area contributed by atoms with Crippen molar-refractivity contribution in [3.63, 3.8) is 0 Å². The highest BCUT2D eigenvalue weighted by molar-refractivity contribution is 6.30. The SMILES string of the molecule is O=C(Nc1cc(C(F)(F)F)no1)c1cc(Cl)ccn1. The van der Waals surface area contributed by atoms with Crippen LogP contribution in [0.1, 0.15) is 16.2 Å². The van der Waals surface area contributed by atoms with E-state index in [1.165, 1.54) is 18.3 Å². The van der Waals surface area contributed by atoms with E-state index < -0.39 is 23.7 Å². The van der Waals surface area contributed by atoms with Crippen LogP contribution in [0.15, 0.2) is 28.9 Å². The van der Waals surface area contributed by atoms with E-state index in [0.29, 0.717) is 6.07 Å². The Kier molecular flexibility index (Phi) is 3.43. The number of hydrogen-bond acceptors (Lipinski definition) is 4. The Morgan fingerprint density at radius 3 is 2.68 bits per heavy atom. The van der Waals surface area contributed by atoms with E-state index in [1.54, 1.807) is 0 Å². The van der Waals surface area contributed by atoms with Crippen molar-refractivity contribution in [3.8, 4) is 0 Å². The molecule has 0 saturated heterocycles. The van der Waals surface area contributed by atoms with E-state index in [1.807, 2.05) is 0 Å². The zero-order valence-corrected chi connectivity index (χ0v) is 9.79. The van der Waals surface area contributed by atoms with Crippen molar-refractivity contribution in [2.45, 2.75) is 6.18 Å². The number of aromatic nitrogens is 2. The molecule has 0 radical (unpaired) electrons. The lowest BCUT2D eigenvalue weighted by Crippen LogP contribution is -2.13. The molecule has 0 aliphatic carbocycles. The van der Waals surface area contributed by atoms with Gasteiger partial charge in [-0.2, -0.15) is 13.2 Å². The summed E-state index contributed by atoms with van der Waals surface area (Å²) in [6, 6.07) is 3.29. The molecule has 0 atom stereocenters. The Labute approximate surface area is 109 Å². The fourth-order valence-corrected chi connectivity index (χ4v) is 1.33. The Morgan fingerprint density at radius 1 is 1.37 bits per heavy atom. The first-order valence-corrected chi connectivity index (χ1v) is 5.21. The number of rotatable bonds is 2. The Bertz CT molecular complexity index is 612. The van der Waals surface area contributed by atoms with Crippen LogP contribution in [0.4, 0.5) is 19.1 Å². The van der Waals surface area contributed by atoms with Gasteiger partial charge >= 0.3 is 6.18 Å². The van der Waals surface area contributed by atoms with Gasteiger partial charge in [-0.3, -0.25) is 15.1 Å². The average Bonchev–Trinajstić information content (AvgIpc) is 2.77. The molecular formula is C10H5ClF3N3O2. The number of carbonyl (C=O) groups excluding carboxylic acids is 1. The molecule has 0 fully saturated rings. The van der Waals surface area contributed by atoms with Crippen LogP contribution in [0.2, 0.25) is 5.02 Å². The Balaban J connectivity index is 2.13. The van der Waals surface area contributed by atoms with Gasteiger partial charge in [0.05, 0.1) is 0 Å². The highest BCUT2D eigenvalue weighted by atomic mass is 35.5. The van der Waals surface area contributed by atoms with Crippen molar-refractivity contribution < 1.29 is 22.5 Å². The van der Waals surface area contributed by atoms with Gasteiger partial charge in [0.1, 0.15) is 5.69 Å². The maximum Gasteiger partial charge on any atom is 0.436 e. The number of nitrogens with zero attached hydrogens (tertiary/aromatic N) is 2. The zero-order chi connectivity index (χ0) is 14.0. The van der Waals surface area contributed by atoms with Gasteiger partial charge < -0.3 is 4.52 Å². The molecule has 5 nitrogen and oxygen atoms in total. The molecule has 0 unspecified atom stereocenters. The fourth-order valence-electron chi connectivity index (χ4n) is 1.17. The first-order valence-electron chi connectivity index (χ1n) is 4.83. The number of nitrogens with one attached hydrogen (secondary N) is 1. The molecule has 100 valence electrons. The van der Waals surface area contributed by atoms with Gasteiger partial charge in [-0.15, -0.1) is 0 Å². The molecule has 1 N–H and O–H groups in total. The minimum absolute atomic E-state index is 0.0579. The van der Waals surface area contributed by atoms with Crippen LogP contribution in [0.3, 0.4) is 0 Å². The fraction of sp³-hybridized carbons (Fsp3) is 0.100. The molecule has 2 aromatic rings. The molecule has 0 spiro atoms. The summed E-state index contributed by atoms with van der Waals surface area (Å²) in [7, 11) is 0. The number of halogens is 4. The number of hydrogen-bond donors (Lipinski definition) is 1. The van der Waals surface area contributed by atoms with Gasteiger partial charge in [0.15, 0.2) is 5.69 Å². The zero-order valence-electron chi connectivity index (χ0n) is 9.03. The minimum atomic E-state index is -4.64. The molecule has 2 aromatic heterocycles. The van der Waals surface area contributed by atoms with E-state index in [2.05, 4.69) is 20.0 Å². The number of alkyl halides is 3. The molecule has 9 heteroatoms. The van der Waals surface area contributed by atoms with Crippen molar-refractivity contribution in [2.24, 2.45) is 0 Å². The van der Waals surface area contributed by atoms with Gasteiger partial charge in [-0.1, -0.05) is 16.8 Å². The summed E-state index contributed by atoms with van der Waals surface area (Å²) in [5, 5.41) is 5.15. The van der Waals surface area contributed by atoms with Gasteiger partial charge in [-0.05, 0) is 12.1 Å². The molecule has 0 bridgehead atoms. The standard InChI is InChI=1S/C10H5ClF3N3O2/c11-5-1-2-15-6(3-5)9(18)16-8-4-7(17-19-8)10(12,13)14/h1-4H,(H,16,18). The van der Waals surface area contributed by atoms with E-state index in [-0.39, 0.29) is 10.7 Å². The second-order valence-corrected chi connectivity index (χ2v) is 3.82. The van der Waals surface area contributed by atoms with Gasteiger partial charge in [0.2, 0.25) is 5.88 Å². The monoisotopic (exact) mass is 291 g/mol. The van der Waals surface area contributed by atoms with Crippen molar-refractivity contribution >= 4 is 23.4 Å². The Hall–Kier alpha value is -2.09. The van der Waals surface area contributed by atoms with Gasteiger partial charge in [0, 0.05) is 17.3 Å². The first kappa shape index (κ1) is 13.3. The van der Waals surface area contributed by atoms with Crippen LogP contribution >= 0.6 is 11.6 Å². The summed E-state index contributed by atoms with van der Waals surface area (Å²) in [5.41, 5.74) is -1.29. The predicted octanol–water partition coefficient (Wildman–Crippen LogP) is 2.99. The third kappa shape index (κ3) is 3.22. The van der Waals surface area contributed by atoms with E-state index in [9.17, 15) is 18.0 Å². The molecule has 0 aliphatic heterocycles. The van der Waals surface area contributed by atoms with E-state index in [4.69, 9.17) is 11.6 Å². The number of carbonyl (C=O) groups is 1. The van der Waals surface area contributed by atoms with Crippen LogP contribution in [0, 0.1) is 0 Å². The topological polar surface area (TPSA) is 68.0 Å². The largest absolute Gasteiger partial charge is 0.436 e. The number of anilines is 1. The van der Waals surface area contributed by atoms with Gasteiger partial charge in [-0.25, -0.2) is 0 Å². The summed E-state index contributed by atoms with van der Waals surface area (Å²) in [6.45, 7) is 0. The van der Waals surface area contributed by atoms with Crippen molar-refractivity contribution in [2.75, 3.05) is 5.32 Å². The summed E-state index contributed by atoms with van der Waals surface area (Å²) >= 11 is 5.65. The van der Waals surface area contributed by atoms with Crippen molar-refractivity contribution in [1.29, 1.82) is 0 Å². The molecular weight excluding hydrogens is 287 g/mol. The Morgan fingerprint density at radius 2 is 2.11 bits per heavy atom. The summed E-state index contributed by atoms with van der Waals surface area (Å²) in [4.78, 5) is 15.3. The highest BCUT2D eigenvalue weighted by Crippen LogP contribution is 2.29. The molecule has 0 saturated carbocycles. The molecule has 2 rings (SSSR count). The molecule has 19 heavy (non-hydrogen) atoms. The van der Waals surface area contributed by atoms with E-state index >= 15 is 0 Å². The lowest BCUT2D eigenvalue weighted by atomic mass is 10.3. The first-order chi connectivity index (χ1) is 8.86. The minimum Gasteiger partial charge on any atom is -0.338 e. The smallest absolute Gasteiger partial charge is 0.338 e. The van der Waals surface area contributed by atoms with Crippen LogP contribution < -0.4 is 5.32 Å².